The third-order valence-electron chi connectivity index (χ3n) is 6.10. The van der Waals surface area contributed by atoms with E-state index in [1.807, 2.05) is 30.3 Å². The standard InChI is InChI=1S/C26H32Cl2N2O3/c1-17(2)21-10-6-7-11-24(21)33-16-25(31)30(15-19-12-13-22(27)23(28)14-19)18(3)26(32)29-20-8-4-5-9-20/h6-7,10-14,17-18,20H,4-5,8-9,15-16H2,1-3H3,(H,29,32)/t18-/m0/s1. The van der Waals surface area contributed by atoms with Gasteiger partial charge in [0.05, 0.1) is 10.0 Å². The smallest absolute Gasteiger partial charge is 0.261 e. The van der Waals surface area contributed by atoms with Gasteiger partial charge in [0.1, 0.15) is 11.8 Å². The summed E-state index contributed by atoms with van der Waals surface area (Å²) in [6, 6.07) is 12.4. The summed E-state index contributed by atoms with van der Waals surface area (Å²) in [5, 5.41) is 3.95. The first-order valence-electron chi connectivity index (χ1n) is 11.5. The van der Waals surface area contributed by atoms with Crippen molar-refractivity contribution in [2.24, 2.45) is 0 Å². The number of carbonyl (C=O) groups is 2. The minimum absolute atomic E-state index is 0.155. The van der Waals surface area contributed by atoms with Crippen LogP contribution in [0.5, 0.6) is 5.75 Å². The number of amides is 2. The Morgan fingerprint density at radius 3 is 2.42 bits per heavy atom. The van der Waals surface area contributed by atoms with Crippen molar-refractivity contribution in [3.8, 4) is 5.75 Å². The Kier molecular flexibility index (Phi) is 9.04. The molecule has 0 aromatic heterocycles. The molecule has 2 amide bonds. The monoisotopic (exact) mass is 490 g/mol. The first kappa shape index (κ1) is 25.4. The number of nitrogens with zero attached hydrogens (tertiary/aromatic N) is 1. The summed E-state index contributed by atoms with van der Waals surface area (Å²) in [4.78, 5) is 27.8. The molecule has 0 aliphatic heterocycles. The lowest BCUT2D eigenvalue weighted by atomic mass is 10.0. The summed E-state index contributed by atoms with van der Waals surface area (Å²) in [6.45, 7) is 5.98. The third kappa shape index (κ3) is 6.87. The number of benzene rings is 2. The van der Waals surface area contributed by atoms with Crippen molar-refractivity contribution in [1.82, 2.24) is 10.2 Å². The Balaban J connectivity index is 1.76. The largest absolute Gasteiger partial charge is 0.483 e. The zero-order valence-corrected chi connectivity index (χ0v) is 21.0. The normalized spacial score (nSPS) is 14.8. The molecule has 0 radical (unpaired) electrons. The van der Waals surface area contributed by atoms with Gasteiger partial charge in [0.25, 0.3) is 5.91 Å². The predicted molar refractivity (Wildman–Crippen MR) is 133 cm³/mol. The number of halogens is 2. The topological polar surface area (TPSA) is 58.6 Å². The van der Waals surface area contributed by atoms with E-state index in [-0.39, 0.29) is 36.9 Å². The molecule has 0 saturated heterocycles. The zero-order chi connectivity index (χ0) is 24.0. The molecule has 2 aromatic carbocycles. The first-order chi connectivity index (χ1) is 15.8. The van der Waals surface area contributed by atoms with Gasteiger partial charge >= 0.3 is 0 Å². The minimum Gasteiger partial charge on any atom is -0.483 e. The zero-order valence-electron chi connectivity index (χ0n) is 19.4. The average Bonchev–Trinajstić information content (AvgIpc) is 3.30. The molecule has 33 heavy (non-hydrogen) atoms. The second-order valence-corrected chi connectivity index (χ2v) is 9.73. The van der Waals surface area contributed by atoms with E-state index in [0.29, 0.717) is 15.8 Å². The van der Waals surface area contributed by atoms with Gasteiger partial charge in [-0.15, -0.1) is 0 Å². The van der Waals surface area contributed by atoms with Gasteiger partial charge in [-0.3, -0.25) is 9.59 Å². The van der Waals surface area contributed by atoms with Crippen LogP contribution in [-0.4, -0.2) is 35.4 Å². The Labute approximate surface area is 206 Å². The number of ether oxygens (including phenoxy) is 1. The van der Waals surface area contributed by atoms with Gasteiger partial charge in [0.2, 0.25) is 5.91 Å². The van der Waals surface area contributed by atoms with Gasteiger partial charge in [-0.25, -0.2) is 0 Å². The van der Waals surface area contributed by atoms with Crippen molar-refractivity contribution in [2.45, 2.75) is 71.0 Å². The summed E-state index contributed by atoms with van der Waals surface area (Å²) in [6.07, 6.45) is 4.20. The van der Waals surface area contributed by atoms with Gasteiger partial charge in [0, 0.05) is 12.6 Å². The Bertz CT molecular complexity index is 974. The third-order valence-corrected chi connectivity index (χ3v) is 6.84. The van der Waals surface area contributed by atoms with Crippen molar-refractivity contribution in [3.63, 3.8) is 0 Å². The van der Waals surface area contributed by atoms with E-state index in [4.69, 9.17) is 27.9 Å². The maximum Gasteiger partial charge on any atom is 0.261 e. The van der Waals surface area contributed by atoms with Crippen LogP contribution in [0.4, 0.5) is 0 Å². The van der Waals surface area contributed by atoms with Crippen LogP contribution in [-0.2, 0) is 16.1 Å². The van der Waals surface area contributed by atoms with Crippen LogP contribution >= 0.6 is 23.2 Å². The lowest BCUT2D eigenvalue weighted by molar-refractivity contribution is -0.142. The van der Waals surface area contributed by atoms with E-state index in [1.54, 1.807) is 24.0 Å². The van der Waals surface area contributed by atoms with E-state index in [1.165, 1.54) is 0 Å². The van der Waals surface area contributed by atoms with Crippen molar-refractivity contribution in [3.05, 3.63) is 63.6 Å². The fraction of sp³-hybridized carbons (Fsp3) is 0.462. The van der Waals surface area contributed by atoms with Crippen molar-refractivity contribution in [2.75, 3.05) is 6.61 Å². The quantitative estimate of drug-likeness (QED) is 0.470. The SMILES string of the molecule is CC(C)c1ccccc1OCC(=O)N(Cc1ccc(Cl)c(Cl)c1)[C@@H](C)C(=O)NC1CCCC1. The molecule has 1 N–H and O–H groups in total. The average molecular weight is 491 g/mol. The second-order valence-electron chi connectivity index (χ2n) is 8.92. The molecule has 2 aromatic rings. The highest BCUT2D eigenvalue weighted by atomic mass is 35.5. The van der Waals surface area contributed by atoms with Crippen LogP contribution in [0.1, 0.15) is 63.5 Å². The molecule has 1 aliphatic rings. The molecular weight excluding hydrogens is 459 g/mol. The number of hydrogen-bond donors (Lipinski definition) is 1. The molecule has 1 aliphatic carbocycles. The van der Waals surface area contributed by atoms with Crippen LogP contribution in [0.25, 0.3) is 0 Å². The first-order valence-corrected chi connectivity index (χ1v) is 12.3. The summed E-state index contributed by atoms with van der Waals surface area (Å²) >= 11 is 12.2. The van der Waals surface area contributed by atoms with Crippen molar-refractivity contribution < 1.29 is 14.3 Å². The number of nitrogens with one attached hydrogen (secondary N) is 1. The fourth-order valence-corrected chi connectivity index (χ4v) is 4.44. The Hall–Kier alpha value is -2.24. The van der Waals surface area contributed by atoms with Crippen molar-refractivity contribution >= 4 is 35.0 Å². The van der Waals surface area contributed by atoms with Crippen LogP contribution in [0, 0.1) is 0 Å². The van der Waals surface area contributed by atoms with E-state index in [9.17, 15) is 9.59 Å². The fourth-order valence-electron chi connectivity index (χ4n) is 4.12. The van der Waals surface area contributed by atoms with Crippen LogP contribution in [0.2, 0.25) is 10.0 Å². The van der Waals surface area contributed by atoms with Gasteiger partial charge in [-0.05, 0) is 55.0 Å². The number of carbonyl (C=O) groups excluding carboxylic acids is 2. The molecule has 0 bridgehead atoms. The van der Waals surface area contributed by atoms with Gasteiger partial charge in [-0.2, -0.15) is 0 Å². The lowest BCUT2D eigenvalue weighted by Crippen LogP contribution is -2.50. The molecule has 3 rings (SSSR count). The highest BCUT2D eigenvalue weighted by Gasteiger charge is 2.29. The molecule has 1 saturated carbocycles. The van der Waals surface area contributed by atoms with Gasteiger partial charge < -0.3 is 15.0 Å². The van der Waals surface area contributed by atoms with E-state index in [2.05, 4.69) is 19.2 Å². The molecule has 0 unspecified atom stereocenters. The molecule has 7 heteroatoms. The Morgan fingerprint density at radius 2 is 1.76 bits per heavy atom. The van der Waals surface area contributed by atoms with E-state index in [0.717, 1.165) is 36.8 Å². The highest BCUT2D eigenvalue weighted by Crippen LogP contribution is 2.27. The van der Waals surface area contributed by atoms with Crippen LogP contribution in [0.3, 0.4) is 0 Å². The van der Waals surface area contributed by atoms with Crippen LogP contribution in [0.15, 0.2) is 42.5 Å². The predicted octanol–water partition coefficient (Wildman–Crippen LogP) is 5.97. The molecule has 1 fully saturated rings. The molecule has 0 spiro atoms. The molecule has 0 heterocycles. The maximum absolute atomic E-state index is 13.3. The second kappa shape index (κ2) is 11.8. The summed E-state index contributed by atoms with van der Waals surface area (Å²) < 4.78 is 5.92. The maximum atomic E-state index is 13.3. The van der Waals surface area contributed by atoms with E-state index < -0.39 is 6.04 Å². The minimum atomic E-state index is -0.656. The van der Waals surface area contributed by atoms with Gasteiger partial charge in [-0.1, -0.05) is 74.2 Å². The molecule has 178 valence electrons. The van der Waals surface area contributed by atoms with Crippen LogP contribution < -0.4 is 10.1 Å². The molecule has 1 atom stereocenters. The van der Waals surface area contributed by atoms with Crippen molar-refractivity contribution in [1.29, 1.82) is 0 Å². The lowest BCUT2D eigenvalue weighted by Gasteiger charge is -2.30. The molecule has 5 nitrogen and oxygen atoms in total. The summed E-state index contributed by atoms with van der Waals surface area (Å²) in [7, 11) is 0. The van der Waals surface area contributed by atoms with E-state index >= 15 is 0 Å². The number of para-hydroxylation sites is 1. The van der Waals surface area contributed by atoms with Gasteiger partial charge in [0.15, 0.2) is 6.61 Å². The summed E-state index contributed by atoms with van der Waals surface area (Å²) in [5.41, 5.74) is 1.83. The number of hydrogen-bond acceptors (Lipinski definition) is 3. The highest BCUT2D eigenvalue weighted by molar-refractivity contribution is 6.42. The number of rotatable bonds is 9. The molecular formula is C26H32Cl2N2O3. The summed E-state index contributed by atoms with van der Waals surface area (Å²) in [5.74, 6) is 0.518. The Morgan fingerprint density at radius 1 is 1.06 bits per heavy atom.